The van der Waals surface area contributed by atoms with Crippen LogP contribution in [0.3, 0.4) is 0 Å². The van der Waals surface area contributed by atoms with E-state index in [-0.39, 0.29) is 17.5 Å². The SMILES string of the molecule is CC1=CCC(C(C)(C)OC(=O)C2CCCCC2)CC1. The third kappa shape index (κ3) is 3.84. The van der Waals surface area contributed by atoms with Crippen LogP contribution in [0.4, 0.5) is 0 Å². The zero-order valence-corrected chi connectivity index (χ0v) is 12.7. The summed E-state index contributed by atoms with van der Waals surface area (Å²) >= 11 is 0. The Bertz CT molecular complexity index is 348. The molecule has 0 heterocycles. The van der Waals surface area contributed by atoms with Crippen LogP contribution in [0.2, 0.25) is 0 Å². The molecule has 2 heteroatoms. The molecule has 2 aliphatic rings. The van der Waals surface area contributed by atoms with Gasteiger partial charge in [0, 0.05) is 5.92 Å². The molecule has 0 radical (unpaired) electrons. The summed E-state index contributed by atoms with van der Waals surface area (Å²) in [5.41, 5.74) is 1.16. The summed E-state index contributed by atoms with van der Waals surface area (Å²) in [4.78, 5) is 12.3. The normalized spacial score (nSPS) is 25.8. The third-order valence-electron chi connectivity index (χ3n) is 4.92. The summed E-state index contributed by atoms with van der Waals surface area (Å²) in [5.74, 6) is 0.689. The largest absolute Gasteiger partial charge is 0.459 e. The van der Waals surface area contributed by atoms with Crippen LogP contribution < -0.4 is 0 Å². The molecule has 0 aromatic rings. The molecule has 2 rings (SSSR count). The van der Waals surface area contributed by atoms with Crippen molar-refractivity contribution in [3.63, 3.8) is 0 Å². The molecule has 0 bridgehead atoms. The lowest BCUT2D eigenvalue weighted by Gasteiger charge is -2.37. The van der Waals surface area contributed by atoms with Crippen molar-refractivity contribution in [1.82, 2.24) is 0 Å². The highest BCUT2D eigenvalue weighted by Gasteiger charge is 2.35. The van der Waals surface area contributed by atoms with Crippen LogP contribution >= 0.6 is 0 Å². The molecule has 0 spiro atoms. The van der Waals surface area contributed by atoms with Crippen molar-refractivity contribution in [2.45, 2.75) is 77.7 Å². The second kappa shape index (κ2) is 6.11. The summed E-state index contributed by atoms with van der Waals surface area (Å²) in [6, 6.07) is 0. The van der Waals surface area contributed by atoms with Crippen molar-refractivity contribution in [1.29, 1.82) is 0 Å². The smallest absolute Gasteiger partial charge is 0.309 e. The lowest BCUT2D eigenvalue weighted by Crippen LogP contribution is -2.39. The molecule has 2 aliphatic carbocycles. The van der Waals surface area contributed by atoms with E-state index in [0.717, 1.165) is 32.1 Å². The fourth-order valence-corrected chi connectivity index (χ4v) is 3.36. The Balaban J connectivity index is 1.90. The predicted molar refractivity (Wildman–Crippen MR) is 77.8 cm³/mol. The van der Waals surface area contributed by atoms with E-state index in [1.165, 1.54) is 24.8 Å². The summed E-state index contributed by atoms with van der Waals surface area (Å²) < 4.78 is 5.88. The van der Waals surface area contributed by atoms with Crippen molar-refractivity contribution in [2.24, 2.45) is 11.8 Å². The zero-order valence-electron chi connectivity index (χ0n) is 12.7. The highest BCUT2D eigenvalue weighted by atomic mass is 16.6. The van der Waals surface area contributed by atoms with Crippen LogP contribution in [0.1, 0.15) is 72.1 Å². The van der Waals surface area contributed by atoms with Gasteiger partial charge in [-0.25, -0.2) is 0 Å². The molecule has 0 aromatic carbocycles. The summed E-state index contributed by atoms with van der Waals surface area (Å²) in [5, 5.41) is 0. The molecule has 1 unspecified atom stereocenters. The maximum absolute atomic E-state index is 12.3. The second-order valence-corrected chi connectivity index (χ2v) is 6.88. The molecule has 1 saturated carbocycles. The molecular weight excluding hydrogens is 236 g/mol. The first-order valence-electron chi connectivity index (χ1n) is 7.87. The molecular formula is C17H28O2. The average Bonchev–Trinajstić information content (AvgIpc) is 2.40. The molecule has 0 saturated heterocycles. The van der Waals surface area contributed by atoms with Crippen LogP contribution in [0, 0.1) is 11.8 Å². The first-order valence-corrected chi connectivity index (χ1v) is 7.87. The molecule has 0 N–H and O–H groups in total. The Morgan fingerprint density at radius 3 is 2.47 bits per heavy atom. The monoisotopic (exact) mass is 264 g/mol. The average molecular weight is 264 g/mol. The maximum Gasteiger partial charge on any atom is 0.309 e. The Labute approximate surface area is 117 Å². The number of ether oxygens (including phenoxy) is 1. The van der Waals surface area contributed by atoms with Gasteiger partial charge in [-0.3, -0.25) is 4.79 Å². The topological polar surface area (TPSA) is 26.3 Å². The molecule has 0 aromatic heterocycles. The van der Waals surface area contributed by atoms with E-state index in [1.807, 2.05) is 0 Å². The first-order chi connectivity index (χ1) is 8.99. The predicted octanol–water partition coefficient (Wildman–Crippen LogP) is 4.63. The van der Waals surface area contributed by atoms with Crippen LogP contribution in [0.25, 0.3) is 0 Å². The van der Waals surface area contributed by atoms with Gasteiger partial charge in [0.05, 0.1) is 5.92 Å². The van der Waals surface area contributed by atoms with E-state index in [0.29, 0.717) is 5.92 Å². The number of rotatable bonds is 3. The number of allylic oxidation sites excluding steroid dienone is 2. The van der Waals surface area contributed by atoms with Gasteiger partial charge in [-0.15, -0.1) is 0 Å². The quantitative estimate of drug-likeness (QED) is 0.548. The lowest BCUT2D eigenvalue weighted by atomic mass is 9.79. The Morgan fingerprint density at radius 2 is 1.89 bits per heavy atom. The van der Waals surface area contributed by atoms with Crippen LogP contribution in [0.5, 0.6) is 0 Å². The van der Waals surface area contributed by atoms with E-state index < -0.39 is 0 Å². The van der Waals surface area contributed by atoms with Crippen molar-refractivity contribution < 1.29 is 9.53 Å². The fraction of sp³-hybridized carbons (Fsp3) is 0.824. The molecule has 1 fully saturated rings. The van der Waals surface area contributed by atoms with E-state index in [4.69, 9.17) is 4.74 Å². The Hall–Kier alpha value is -0.790. The third-order valence-corrected chi connectivity index (χ3v) is 4.92. The van der Waals surface area contributed by atoms with Crippen LogP contribution in [-0.2, 0) is 9.53 Å². The number of hydrogen-bond acceptors (Lipinski definition) is 2. The van der Waals surface area contributed by atoms with Gasteiger partial charge >= 0.3 is 5.97 Å². The van der Waals surface area contributed by atoms with Crippen LogP contribution in [0.15, 0.2) is 11.6 Å². The van der Waals surface area contributed by atoms with Gasteiger partial charge in [0.1, 0.15) is 5.60 Å². The minimum absolute atomic E-state index is 0.0518. The summed E-state index contributed by atoms with van der Waals surface area (Å²) in [7, 11) is 0. The minimum Gasteiger partial charge on any atom is -0.459 e. The van der Waals surface area contributed by atoms with Gasteiger partial charge in [0.2, 0.25) is 0 Å². The van der Waals surface area contributed by atoms with E-state index in [2.05, 4.69) is 26.8 Å². The van der Waals surface area contributed by atoms with Gasteiger partial charge in [-0.2, -0.15) is 0 Å². The molecule has 19 heavy (non-hydrogen) atoms. The fourth-order valence-electron chi connectivity index (χ4n) is 3.36. The Morgan fingerprint density at radius 1 is 1.21 bits per heavy atom. The van der Waals surface area contributed by atoms with Crippen LogP contribution in [-0.4, -0.2) is 11.6 Å². The number of carbonyl (C=O) groups excluding carboxylic acids is 1. The van der Waals surface area contributed by atoms with Crippen molar-refractivity contribution in [3.8, 4) is 0 Å². The van der Waals surface area contributed by atoms with Gasteiger partial charge in [-0.1, -0.05) is 30.9 Å². The highest BCUT2D eigenvalue weighted by molar-refractivity contribution is 5.73. The minimum atomic E-state index is -0.314. The lowest BCUT2D eigenvalue weighted by molar-refractivity contribution is -0.168. The van der Waals surface area contributed by atoms with E-state index >= 15 is 0 Å². The second-order valence-electron chi connectivity index (χ2n) is 6.88. The van der Waals surface area contributed by atoms with Crippen molar-refractivity contribution >= 4 is 5.97 Å². The summed E-state index contributed by atoms with van der Waals surface area (Å²) in [6.07, 6.45) is 11.4. The van der Waals surface area contributed by atoms with E-state index in [1.54, 1.807) is 0 Å². The number of hydrogen-bond donors (Lipinski definition) is 0. The highest BCUT2D eigenvalue weighted by Crippen LogP contribution is 2.35. The summed E-state index contributed by atoms with van der Waals surface area (Å²) in [6.45, 7) is 6.37. The molecule has 2 nitrogen and oxygen atoms in total. The van der Waals surface area contributed by atoms with Crippen molar-refractivity contribution in [3.05, 3.63) is 11.6 Å². The molecule has 0 aliphatic heterocycles. The molecule has 108 valence electrons. The van der Waals surface area contributed by atoms with E-state index in [9.17, 15) is 4.79 Å². The zero-order chi connectivity index (χ0) is 13.9. The maximum atomic E-state index is 12.3. The van der Waals surface area contributed by atoms with Gasteiger partial charge in [-0.05, 0) is 52.9 Å². The number of carbonyl (C=O) groups is 1. The first kappa shape index (κ1) is 14.6. The Kier molecular flexibility index (Phi) is 4.70. The van der Waals surface area contributed by atoms with Crippen molar-refractivity contribution in [2.75, 3.05) is 0 Å². The molecule has 1 atom stereocenters. The molecule has 0 amide bonds. The van der Waals surface area contributed by atoms with Gasteiger partial charge < -0.3 is 4.74 Å². The number of esters is 1. The van der Waals surface area contributed by atoms with Gasteiger partial charge in [0.25, 0.3) is 0 Å². The van der Waals surface area contributed by atoms with Gasteiger partial charge in [0.15, 0.2) is 0 Å². The standard InChI is InChI=1S/C17H28O2/c1-13-9-11-15(12-10-13)17(2,3)19-16(18)14-7-5-4-6-8-14/h9,14-15H,4-8,10-12H2,1-3H3.